The highest BCUT2D eigenvalue weighted by Crippen LogP contribution is 2.29. The van der Waals surface area contributed by atoms with Crippen molar-refractivity contribution in [1.29, 1.82) is 0 Å². The van der Waals surface area contributed by atoms with Crippen LogP contribution in [0, 0.1) is 6.92 Å². The molecule has 0 saturated heterocycles. The van der Waals surface area contributed by atoms with Crippen LogP contribution < -0.4 is 10.1 Å². The van der Waals surface area contributed by atoms with Gasteiger partial charge in [-0.15, -0.1) is 0 Å². The second kappa shape index (κ2) is 6.89. The Kier molecular flexibility index (Phi) is 5.19. The summed E-state index contributed by atoms with van der Waals surface area (Å²) in [6, 6.07) is 8.49. The van der Waals surface area contributed by atoms with Crippen molar-refractivity contribution in [2.45, 2.75) is 31.6 Å². The van der Waals surface area contributed by atoms with E-state index in [1.165, 1.54) is 5.56 Å². The Hall–Kier alpha value is -1.10. The monoisotopic (exact) mass is 265 g/mol. The Morgan fingerprint density at radius 1 is 1.32 bits per heavy atom. The van der Waals surface area contributed by atoms with Crippen molar-refractivity contribution >= 4 is 0 Å². The fraction of sp³-hybridized carbons (Fsp3) is 0.600. The number of ether oxygens (including phenoxy) is 3. The largest absolute Gasteiger partial charge is 0.488 e. The van der Waals surface area contributed by atoms with Gasteiger partial charge in [-0.1, -0.05) is 12.1 Å². The predicted octanol–water partition coefficient (Wildman–Crippen LogP) is 1.77. The van der Waals surface area contributed by atoms with Gasteiger partial charge in [0.15, 0.2) is 0 Å². The molecule has 1 aliphatic rings. The van der Waals surface area contributed by atoms with Gasteiger partial charge in [-0.2, -0.15) is 0 Å². The number of rotatable bonds is 7. The number of benzene rings is 1. The van der Waals surface area contributed by atoms with Gasteiger partial charge in [0.2, 0.25) is 0 Å². The highest BCUT2D eigenvalue weighted by molar-refractivity contribution is 5.28. The van der Waals surface area contributed by atoms with Crippen LogP contribution in [0.25, 0.3) is 0 Å². The lowest BCUT2D eigenvalue weighted by atomic mass is 9.85. The van der Waals surface area contributed by atoms with Gasteiger partial charge in [0.05, 0.1) is 13.2 Å². The van der Waals surface area contributed by atoms with Gasteiger partial charge < -0.3 is 19.5 Å². The molecule has 0 heterocycles. The molecule has 3 atom stereocenters. The van der Waals surface area contributed by atoms with Crippen molar-refractivity contribution < 1.29 is 14.2 Å². The molecule has 1 saturated carbocycles. The summed E-state index contributed by atoms with van der Waals surface area (Å²) in [5, 5.41) is 3.26. The molecule has 4 nitrogen and oxygen atoms in total. The van der Waals surface area contributed by atoms with Crippen molar-refractivity contribution in [2.75, 3.05) is 27.4 Å². The van der Waals surface area contributed by atoms with Gasteiger partial charge in [0.25, 0.3) is 0 Å². The Morgan fingerprint density at radius 2 is 2.16 bits per heavy atom. The second-order valence-corrected chi connectivity index (χ2v) is 4.93. The minimum Gasteiger partial charge on any atom is -0.488 e. The van der Waals surface area contributed by atoms with E-state index in [0.717, 1.165) is 12.2 Å². The van der Waals surface area contributed by atoms with E-state index in [1.807, 2.05) is 19.2 Å². The lowest BCUT2D eigenvalue weighted by molar-refractivity contribution is -0.114. The van der Waals surface area contributed by atoms with Crippen LogP contribution in [0.1, 0.15) is 12.0 Å². The Labute approximate surface area is 115 Å². The molecule has 1 aromatic carbocycles. The highest BCUT2D eigenvalue weighted by Gasteiger charge is 2.43. The summed E-state index contributed by atoms with van der Waals surface area (Å²) in [4.78, 5) is 0. The quantitative estimate of drug-likeness (QED) is 0.763. The Bertz CT molecular complexity index is 397. The summed E-state index contributed by atoms with van der Waals surface area (Å²) in [5.74, 6) is 0.917. The fourth-order valence-electron chi connectivity index (χ4n) is 2.33. The van der Waals surface area contributed by atoms with Crippen molar-refractivity contribution in [2.24, 2.45) is 0 Å². The van der Waals surface area contributed by atoms with Crippen molar-refractivity contribution in [1.82, 2.24) is 5.32 Å². The zero-order valence-electron chi connectivity index (χ0n) is 11.9. The van der Waals surface area contributed by atoms with E-state index in [-0.39, 0.29) is 12.2 Å². The first-order chi connectivity index (χ1) is 9.24. The molecule has 1 N–H and O–H groups in total. The number of aryl methyl sites for hydroxylation is 1. The lowest BCUT2D eigenvalue weighted by Crippen LogP contribution is -2.60. The number of hydrogen-bond acceptors (Lipinski definition) is 4. The number of methoxy groups -OCH3 is 1. The smallest absolute Gasteiger partial charge is 0.128 e. The predicted molar refractivity (Wildman–Crippen MR) is 74.7 cm³/mol. The number of nitrogens with one attached hydrogen (secondary N) is 1. The molecular weight excluding hydrogens is 242 g/mol. The van der Waals surface area contributed by atoms with Crippen LogP contribution in [0.15, 0.2) is 24.3 Å². The standard InChI is InChI=1S/C15H23NO3/c1-11-5-4-6-12(9-11)19-14-10-13(16-2)15(14)18-8-7-17-3/h4-6,9,13-16H,7-8,10H2,1-3H3. The van der Waals surface area contributed by atoms with Crippen LogP contribution in [0.5, 0.6) is 5.75 Å². The average Bonchev–Trinajstić information content (AvgIpc) is 2.39. The van der Waals surface area contributed by atoms with Gasteiger partial charge >= 0.3 is 0 Å². The van der Waals surface area contributed by atoms with Crippen molar-refractivity contribution in [3.05, 3.63) is 29.8 Å². The Balaban J connectivity index is 1.88. The first-order valence-corrected chi connectivity index (χ1v) is 6.75. The normalized spacial score (nSPS) is 25.9. The van der Waals surface area contributed by atoms with E-state index in [9.17, 15) is 0 Å². The molecule has 1 fully saturated rings. The molecule has 19 heavy (non-hydrogen) atoms. The van der Waals surface area contributed by atoms with Gasteiger partial charge in [0, 0.05) is 19.6 Å². The minimum atomic E-state index is 0.0978. The van der Waals surface area contributed by atoms with Crippen LogP contribution in [-0.2, 0) is 9.47 Å². The summed E-state index contributed by atoms with van der Waals surface area (Å²) < 4.78 is 16.8. The maximum absolute atomic E-state index is 6.00. The summed E-state index contributed by atoms with van der Waals surface area (Å²) in [7, 11) is 3.64. The third kappa shape index (κ3) is 3.69. The van der Waals surface area contributed by atoms with Crippen molar-refractivity contribution in [3.63, 3.8) is 0 Å². The topological polar surface area (TPSA) is 39.7 Å². The molecule has 0 bridgehead atoms. The maximum Gasteiger partial charge on any atom is 0.128 e. The molecule has 1 aromatic rings. The summed E-state index contributed by atoms with van der Waals surface area (Å²) in [6.45, 7) is 3.29. The molecule has 1 aliphatic carbocycles. The molecule has 0 aliphatic heterocycles. The summed E-state index contributed by atoms with van der Waals surface area (Å²) in [6.07, 6.45) is 1.19. The molecule has 106 valence electrons. The summed E-state index contributed by atoms with van der Waals surface area (Å²) in [5.41, 5.74) is 1.21. The molecular formula is C15H23NO3. The molecule has 4 heteroatoms. The maximum atomic E-state index is 6.00. The van der Waals surface area contributed by atoms with Gasteiger partial charge in [0.1, 0.15) is 18.0 Å². The third-order valence-electron chi connectivity index (χ3n) is 3.49. The van der Waals surface area contributed by atoms with E-state index in [2.05, 4.69) is 24.4 Å². The third-order valence-corrected chi connectivity index (χ3v) is 3.49. The molecule has 0 amide bonds. The molecule has 3 unspecified atom stereocenters. The van der Waals surface area contributed by atoms with E-state index in [0.29, 0.717) is 19.3 Å². The highest BCUT2D eigenvalue weighted by atomic mass is 16.6. The van der Waals surface area contributed by atoms with Crippen LogP contribution in [0.3, 0.4) is 0 Å². The van der Waals surface area contributed by atoms with Crippen LogP contribution in [0.4, 0.5) is 0 Å². The first kappa shape index (κ1) is 14.3. The van der Waals surface area contributed by atoms with E-state index < -0.39 is 0 Å². The zero-order valence-corrected chi connectivity index (χ0v) is 11.9. The van der Waals surface area contributed by atoms with Gasteiger partial charge in [-0.25, -0.2) is 0 Å². The molecule has 0 aromatic heterocycles. The first-order valence-electron chi connectivity index (χ1n) is 6.75. The van der Waals surface area contributed by atoms with Crippen LogP contribution in [0.2, 0.25) is 0 Å². The molecule has 2 rings (SSSR count). The van der Waals surface area contributed by atoms with E-state index in [1.54, 1.807) is 7.11 Å². The average molecular weight is 265 g/mol. The zero-order chi connectivity index (χ0) is 13.7. The molecule has 0 radical (unpaired) electrons. The van der Waals surface area contributed by atoms with E-state index >= 15 is 0 Å². The van der Waals surface area contributed by atoms with Crippen molar-refractivity contribution in [3.8, 4) is 5.75 Å². The second-order valence-electron chi connectivity index (χ2n) is 4.93. The van der Waals surface area contributed by atoms with Crippen LogP contribution in [-0.4, -0.2) is 45.6 Å². The Morgan fingerprint density at radius 3 is 2.84 bits per heavy atom. The molecule has 0 spiro atoms. The van der Waals surface area contributed by atoms with E-state index in [4.69, 9.17) is 14.2 Å². The summed E-state index contributed by atoms with van der Waals surface area (Å²) >= 11 is 0. The number of likely N-dealkylation sites (N-methyl/N-ethyl adjacent to an activating group) is 1. The van der Waals surface area contributed by atoms with Gasteiger partial charge in [-0.3, -0.25) is 0 Å². The lowest BCUT2D eigenvalue weighted by Gasteiger charge is -2.43. The van der Waals surface area contributed by atoms with Gasteiger partial charge in [-0.05, 0) is 31.7 Å². The number of hydrogen-bond donors (Lipinski definition) is 1. The SMILES string of the molecule is CNC1CC(Oc2cccc(C)c2)C1OCCOC. The minimum absolute atomic E-state index is 0.0978. The fourth-order valence-corrected chi connectivity index (χ4v) is 2.33. The van der Waals surface area contributed by atoms with Crippen LogP contribution >= 0.6 is 0 Å².